The molecule has 1 aromatic rings. The van der Waals surface area contributed by atoms with Crippen molar-refractivity contribution in [1.82, 2.24) is 9.88 Å². The van der Waals surface area contributed by atoms with Crippen LogP contribution in [0.2, 0.25) is 0 Å². The first-order valence-electron chi connectivity index (χ1n) is 5.07. The van der Waals surface area contributed by atoms with Gasteiger partial charge >= 0.3 is 0 Å². The van der Waals surface area contributed by atoms with E-state index in [1.165, 1.54) is 16.8 Å². The molecule has 2 heterocycles. The normalized spacial score (nSPS) is 16.7. The Morgan fingerprint density at radius 2 is 2.43 bits per heavy atom. The fraction of sp³-hybridized carbons (Fsp3) is 0.545. The summed E-state index contributed by atoms with van der Waals surface area (Å²) >= 11 is 0. The summed E-state index contributed by atoms with van der Waals surface area (Å²) in [5.74, 6) is 0. The number of aliphatic hydroxyl groups is 1. The number of nitrogens with zero attached hydrogens (tertiary/aromatic N) is 2. The maximum absolute atomic E-state index is 8.86. The van der Waals surface area contributed by atoms with Crippen molar-refractivity contribution >= 4 is 0 Å². The molecule has 1 aliphatic rings. The average molecular weight is 192 g/mol. The highest BCUT2D eigenvalue weighted by Crippen LogP contribution is 2.17. The number of aryl methyl sites for hydroxylation is 1. The quantitative estimate of drug-likeness (QED) is 0.751. The van der Waals surface area contributed by atoms with Gasteiger partial charge in [-0.3, -0.25) is 9.88 Å². The van der Waals surface area contributed by atoms with E-state index in [1.54, 1.807) is 0 Å². The van der Waals surface area contributed by atoms with Crippen LogP contribution in [0.3, 0.4) is 0 Å². The van der Waals surface area contributed by atoms with E-state index in [9.17, 15) is 0 Å². The first-order valence-corrected chi connectivity index (χ1v) is 5.07. The summed E-state index contributed by atoms with van der Waals surface area (Å²) in [6.45, 7) is 5.04. The van der Waals surface area contributed by atoms with E-state index in [0.717, 1.165) is 26.1 Å². The highest BCUT2D eigenvalue weighted by Gasteiger charge is 2.16. The molecule has 0 saturated heterocycles. The fourth-order valence-electron chi connectivity index (χ4n) is 1.94. The largest absolute Gasteiger partial charge is 0.395 e. The summed E-state index contributed by atoms with van der Waals surface area (Å²) in [6, 6.07) is 2.20. The average Bonchev–Trinajstić information content (AvgIpc) is 2.17. The molecule has 0 fully saturated rings. The van der Waals surface area contributed by atoms with Crippen LogP contribution in [0.4, 0.5) is 0 Å². The van der Waals surface area contributed by atoms with Gasteiger partial charge < -0.3 is 5.11 Å². The van der Waals surface area contributed by atoms with Gasteiger partial charge in [0.05, 0.1) is 6.61 Å². The van der Waals surface area contributed by atoms with E-state index in [-0.39, 0.29) is 6.61 Å². The summed E-state index contributed by atoms with van der Waals surface area (Å²) in [4.78, 5) is 6.69. The lowest BCUT2D eigenvalue weighted by molar-refractivity contribution is 0.183. The molecule has 3 nitrogen and oxygen atoms in total. The molecule has 0 spiro atoms. The Morgan fingerprint density at radius 3 is 3.21 bits per heavy atom. The third-order valence-electron chi connectivity index (χ3n) is 2.67. The Kier molecular flexibility index (Phi) is 2.79. The molecule has 0 amide bonds. The fourth-order valence-corrected chi connectivity index (χ4v) is 1.94. The van der Waals surface area contributed by atoms with Crippen molar-refractivity contribution in [2.24, 2.45) is 0 Å². The van der Waals surface area contributed by atoms with Crippen molar-refractivity contribution in [3.05, 3.63) is 29.1 Å². The molecule has 14 heavy (non-hydrogen) atoms. The van der Waals surface area contributed by atoms with Crippen LogP contribution in [-0.4, -0.2) is 34.7 Å². The standard InChI is InChI=1S/C11H16N2O/c1-9-6-10-8-13(4-5-14)3-2-11(10)12-7-9/h6-7,14H,2-5,8H2,1H3. The molecule has 0 bridgehead atoms. The van der Waals surface area contributed by atoms with Crippen molar-refractivity contribution in [2.45, 2.75) is 19.9 Å². The van der Waals surface area contributed by atoms with Crippen molar-refractivity contribution in [3.8, 4) is 0 Å². The minimum Gasteiger partial charge on any atom is -0.395 e. The molecule has 1 N–H and O–H groups in total. The van der Waals surface area contributed by atoms with Crippen molar-refractivity contribution in [3.63, 3.8) is 0 Å². The molecule has 2 rings (SSSR count). The zero-order valence-electron chi connectivity index (χ0n) is 8.53. The lowest BCUT2D eigenvalue weighted by atomic mass is 10.0. The SMILES string of the molecule is Cc1cnc2c(c1)CN(CCO)CC2. The number of rotatable bonds is 2. The van der Waals surface area contributed by atoms with Crippen molar-refractivity contribution in [2.75, 3.05) is 19.7 Å². The van der Waals surface area contributed by atoms with E-state index in [4.69, 9.17) is 5.11 Å². The van der Waals surface area contributed by atoms with E-state index in [2.05, 4.69) is 22.9 Å². The van der Waals surface area contributed by atoms with E-state index in [0.29, 0.717) is 0 Å². The molecule has 0 aromatic carbocycles. The van der Waals surface area contributed by atoms with Crippen molar-refractivity contribution < 1.29 is 5.11 Å². The van der Waals surface area contributed by atoms with E-state index < -0.39 is 0 Å². The van der Waals surface area contributed by atoms with Gasteiger partial charge in [0.2, 0.25) is 0 Å². The van der Waals surface area contributed by atoms with Crippen molar-refractivity contribution in [1.29, 1.82) is 0 Å². The summed E-state index contributed by atoms with van der Waals surface area (Å²) < 4.78 is 0. The van der Waals surface area contributed by atoms with Gasteiger partial charge in [0, 0.05) is 37.9 Å². The molecule has 0 saturated carbocycles. The molecule has 0 unspecified atom stereocenters. The summed E-state index contributed by atoms with van der Waals surface area (Å²) in [7, 11) is 0. The number of fused-ring (bicyclic) bond motifs is 1. The zero-order chi connectivity index (χ0) is 9.97. The summed E-state index contributed by atoms with van der Waals surface area (Å²) in [6.07, 6.45) is 2.94. The van der Waals surface area contributed by atoms with Gasteiger partial charge in [-0.05, 0) is 18.1 Å². The van der Waals surface area contributed by atoms with Gasteiger partial charge in [-0.15, -0.1) is 0 Å². The Labute approximate surface area is 84.4 Å². The second-order valence-corrected chi connectivity index (χ2v) is 3.87. The topological polar surface area (TPSA) is 36.4 Å². The lowest BCUT2D eigenvalue weighted by Gasteiger charge is -2.27. The van der Waals surface area contributed by atoms with Crippen LogP contribution < -0.4 is 0 Å². The molecule has 1 aromatic heterocycles. The Morgan fingerprint density at radius 1 is 1.57 bits per heavy atom. The van der Waals surface area contributed by atoms with Gasteiger partial charge in [-0.1, -0.05) is 6.07 Å². The minimum absolute atomic E-state index is 0.245. The number of hydrogen-bond acceptors (Lipinski definition) is 3. The van der Waals surface area contributed by atoms with E-state index in [1.807, 2.05) is 6.20 Å². The molecule has 76 valence electrons. The number of aliphatic hydroxyl groups excluding tert-OH is 1. The van der Waals surface area contributed by atoms with Crippen LogP contribution in [0.15, 0.2) is 12.3 Å². The third kappa shape index (κ3) is 1.94. The monoisotopic (exact) mass is 192 g/mol. The van der Waals surface area contributed by atoms with Gasteiger partial charge in [0.15, 0.2) is 0 Å². The number of hydrogen-bond donors (Lipinski definition) is 1. The van der Waals surface area contributed by atoms with Gasteiger partial charge in [-0.2, -0.15) is 0 Å². The molecular weight excluding hydrogens is 176 g/mol. The predicted molar refractivity (Wildman–Crippen MR) is 55.0 cm³/mol. The maximum Gasteiger partial charge on any atom is 0.0558 e. The second-order valence-electron chi connectivity index (χ2n) is 3.87. The molecule has 0 radical (unpaired) electrons. The first kappa shape index (κ1) is 9.62. The Hall–Kier alpha value is -0.930. The van der Waals surface area contributed by atoms with Crippen LogP contribution in [0, 0.1) is 6.92 Å². The lowest BCUT2D eigenvalue weighted by Crippen LogP contribution is -2.33. The highest BCUT2D eigenvalue weighted by atomic mass is 16.3. The predicted octanol–water partition coefficient (Wildman–Crippen LogP) is 0.740. The molecule has 0 aliphatic carbocycles. The molecular formula is C11H16N2O. The van der Waals surface area contributed by atoms with Crippen LogP contribution in [0.5, 0.6) is 0 Å². The molecule has 0 atom stereocenters. The van der Waals surface area contributed by atoms with Gasteiger partial charge in [0.1, 0.15) is 0 Å². The number of pyridine rings is 1. The first-order chi connectivity index (χ1) is 6.79. The van der Waals surface area contributed by atoms with Gasteiger partial charge in [-0.25, -0.2) is 0 Å². The molecule has 1 aliphatic heterocycles. The maximum atomic E-state index is 8.86. The van der Waals surface area contributed by atoms with Crippen LogP contribution in [0.1, 0.15) is 16.8 Å². The van der Waals surface area contributed by atoms with Gasteiger partial charge in [0.25, 0.3) is 0 Å². The Bertz CT molecular complexity index is 325. The van der Waals surface area contributed by atoms with Crippen LogP contribution in [-0.2, 0) is 13.0 Å². The smallest absolute Gasteiger partial charge is 0.0558 e. The summed E-state index contributed by atoms with van der Waals surface area (Å²) in [5, 5.41) is 8.86. The van der Waals surface area contributed by atoms with E-state index >= 15 is 0 Å². The molecule has 3 heteroatoms. The second kappa shape index (κ2) is 4.07. The van der Waals surface area contributed by atoms with Crippen LogP contribution >= 0.6 is 0 Å². The third-order valence-corrected chi connectivity index (χ3v) is 2.67. The summed E-state index contributed by atoms with van der Waals surface area (Å²) in [5.41, 5.74) is 3.77. The highest BCUT2D eigenvalue weighted by molar-refractivity contribution is 5.26. The minimum atomic E-state index is 0.245. The number of β-amino-alcohol motifs (C(OH)–C–C–N with tert-alkyl or cyclic N) is 1. The van der Waals surface area contributed by atoms with Crippen LogP contribution in [0.25, 0.3) is 0 Å². The Balaban J connectivity index is 2.16. The number of aromatic nitrogens is 1. The zero-order valence-corrected chi connectivity index (χ0v) is 8.53.